The van der Waals surface area contributed by atoms with Crippen LogP contribution in [-0.2, 0) is 0 Å². The zero-order valence-electron chi connectivity index (χ0n) is 15.1. The Morgan fingerprint density at radius 2 is 1.61 bits per heavy atom. The summed E-state index contributed by atoms with van der Waals surface area (Å²) >= 11 is 1.62. The number of para-hydroxylation sites is 1. The summed E-state index contributed by atoms with van der Waals surface area (Å²) in [6.07, 6.45) is 1.83. The lowest BCUT2D eigenvalue weighted by Crippen LogP contribution is -2.00. The van der Waals surface area contributed by atoms with Gasteiger partial charge in [-0.15, -0.1) is 0 Å². The molecule has 0 amide bonds. The number of thioether (sulfide) groups is 1. The van der Waals surface area contributed by atoms with Crippen molar-refractivity contribution in [2.45, 2.75) is 4.90 Å². The molecule has 3 nitrogen and oxygen atoms in total. The topological polar surface area (TPSA) is 30.7 Å². The van der Waals surface area contributed by atoms with Crippen molar-refractivity contribution in [3.8, 4) is 17.2 Å². The third kappa shape index (κ3) is 2.79. The average molecular weight is 379 g/mol. The molecule has 0 atom stereocenters. The number of aromatic nitrogens is 3. The maximum Gasteiger partial charge on any atom is 0.161 e. The summed E-state index contributed by atoms with van der Waals surface area (Å²) in [5, 5.41) is 4.28. The summed E-state index contributed by atoms with van der Waals surface area (Å²) in [5.41, 5.74) is 3.27. The highest BCUT2D eigenvalue weighted by atomic mass is 32.2. The van der Waals surface area contributed by atoms with Gasteiger partial charge in [0, 0.05) is 27.4 Å². The van der Waals surface area contributed by atoms with Gasteiger partial charge in [0.15, 0.2) is 5.82 Å². The summed E-state index contributed by atoms with van der Waals surface area (Å²) in [6.45, 7) is 3.84. The van der Waals surface area contributed by atoms with Gasteiger partial charge >= 0.3 is 0 Å². The molecule has 28 heavy (non-hydrogen) atoms. The van der Waals surface area contributed by atoms with Gasteiger partial charge in [0.2, 0.25) is 0 Å². The van der Waals surface area contributed by atoms with Gasteiger partial charge in [-0.2, -0.15) is 0 Å². The van der Waals surface area contributed by atoms with Gasteiger partial charge in [0.05, 0.1) is 11.0 Å². The van der Waals surface area contributed by atoms with E-state index in [1.165, 1.54) is 10.8 Å². The van der Waals surface area contributed by atoms with Crippen molar-refractivity contribution in [3.05, 3.63) is 97.0 Å². The Balaban J connectivity index is 1.80. The highest BCUT2D eigenvalue weighted by molar-refractivity contribution is 8.02. The number of rotatable bonds is 4. The molecule has 2 aromatic heterocycles. The van der Waals surface area contributed by atoms with E-state index in [0.717, 1.165) is 33.1 Å². The Bertz CT molecular complexity index is 1310. The minimum absolute atomic E-state index is 0.723. The van der Waals surface area contributed by atoms with E-state index in [-0.39, 0.29) is 0 Å². The van der Waals surface area contributed by atoms with Gasteiger partial charge in [-0.05, 0) is 29.7 Å². The van der Waals surface area contributed by atoms with Crippen molar-refractivity contribution in [3.63, 3.8) is 0 Å². The molecule has 0 radical (unpaired) electrons. The molecule has 0 saturated heterocycles. The van der Waals surface area contributed by atoms with Gasteiger partial charge in [0.1, 0.15) is 5.82 Å². The van der Waals surface area contributed by atoms with Crippen LogP contribution in [0.5, 0.6) is 0 Å². The van der Waals surface area contributed by atoms with Gasteiger partial charge in [-0.1, -0.05) is 72.9 Å². The Hall–Kier alpha value is -3.37. The zero-order chi connectivity index (χ0) is 18.9. The zero-order valence-corrected chi connectivity index (χ0v) is 15.9. The van der Waals surface area contributed by atoms with E-state index in [2.05, 4.69) is 58.6 Å². The Kier molecular flexibility index (Phi) is 4.18. The third-order valence-corrected chi connectivity index (χ3v) is 5.46. The summed E-state index contributed by atoms with van der Waals surface area (Å²) in [7, 11) is 0. The quantitative estimate of drug-likeness (QED) is 0.335. The highest BCUT2D eigenvalue weighted by Gasteiger charge is 2.14. The molecule has 0 spiro atoms. The van der Waals surface area contributed by atoms with Crippen LogP contribution >= 0.6 is 11.8 Å². The lowest BCUT2D eigenvalue weighted by atomic mass is 10.2. The summed E-state index contributed by atoms with van der Waals surface area (Å²) in [4.78, 5) is 10.5. The van der Waals surface area contributed by atoms with Crippen molar-refractivity contribution < 1.29 is 0 Å². The molecule has 4 heteroatoms. The molecule has 0 aliphatic heterocycles. The van der Waals surface area contributed by atoms with E-state index < -0.39 is 0 Å². The van der Waals surface area contributed by atoms with Crippen LogP contribution in [0, 0.1) is 0 Å². The molecule has 0 bridgehead atoms. The Labute approximate surface area is 167 Å². The molecule has 2 heterocycles. The van der Waals surface area contributed by atoms with Crippen LogP contribution in [0.2, 0.25) is 0 Å². The standard InChI is InChI=1S/C24H17N3S/c1-2-28-18-12-13-20-19-10-6-7-11-21(19)27(22(20)16-18)23-14-15-25-24(26-23)17-8-4-3-5-9-17/h2-16H,1H2. The van der Waals surface area contributed by atoms with E-state index in [9.17, 15) is 0 Å². The fourth-order valence-corrected chi connectivity index (χ4v) is 4.09. The number of fused-ring (bicyclic) bond motifs is 3. The van der Waals surface area contributed by atoms with Crippen LogP contribution in [-0.4, -0.2) is 14.5 Å². The molecule has 0 saturated carbocycles. The molecule has 0 unspecified atom stereocenters. The second-order valence-corrected chi connectivity index (χ2v) is 7.46. The molecule has 0 aliphatic rings. The van der Waals surface area contributed by atoms with Crippen molar-refractivity contribution in [2.75, 3.05) is 0 Å². The fraction of sp³-hybridized carbons (Fsp3) is 0. The molecule has 134 valence electrons. The lowest BCUT2D eigenvalue weighted by Gasteiger charge is -2.09. The number of hydrogen-bond donors (Lipinski definition) is 0. The molecule has 0 N–H and O–H groups in total. The normalized spacial score (nSPS) is 11.1. The number of nitrogens with zero attached hydrogens (tertiary/aromatic N) is 3. The third-order valence-electron chi connectivity index (χ3n) is 4.77. The summed E-state index contributed by atoms with van der Waals surface area (Å²) in [6, 6.07) is 27.0. The van der Waals surface area contributed by atoms with Crippen molar-refractivity contribution in [1.29, 1.82) is 0 Å². The van der Waals surface area contributed by atoms with E-state index in [4.69, 9.17) is 4.98 Å². The predicted molar refractivity (Wildman–Crippen MR) is 118 cm³/mol. The number of benzene rings is 3. The van der Waals surface area contributed by atoms with Crippen molar-refractivity contribution in [1.82, 2.24) is 14.5 Å². The molecular weight excluding hydrogens is 362 g/mol. The highest BCUT2D eigenvalue weighted by Crippen LogP contribution is 2.34. The maximum absolute atomic E-state index is 4.89. The predicted octanol–water partition coefficient (Wildman–Crippen LogP) is 6.48. The van der Waals surface area contributed by atoms with Crippen LogP contribution < -0.4 is 0 Å². The van der Waals surface area contributed by atoms with Crippen LogP contribution in [0.15, 0.2) is 102 Å². The molecule has 5 aromatic rings. The number of hydrogen-bond acceptors (Lipinski definition) is 3. The minimum atomic E-state index is 0.723. The SMILES string of the molecule is C=CSc1ccc2c3ccccc3n(-c3ccnc(-c4ccccc4)n3)c2c1. The molecule has 5 rings (SSSR count). The van der Waals surface area contributed by atoms with E-state index in [1.807, 2.05) is 48.0 Å². The van der Waals surface area contributed by atoms with Crippen molar-refractivity contribution >= 4 is 33.6 Å². The second-order valence-electron chi connectivity index (χ2n) is 6.42. The molecule has 0 fully saturated rings. The van der Waals surface area contributed by atoms with E-state index in [1.54, 1.807) is 11.8 Å². The van der Waals surface area contributed by atoms with Crippen LogP contribution in [0.1, 0.15) is 0 Å². The van der Waals surface area contributed by atoms with Crippen LogP contribution in [0.25, 0.3) is 39.0 Å². The first-order chi connectivity index (χ1) is 13.8. The first-order valence-electron chi connectivity index (χ1n) is 9.05. The molecular formula is C24H17N3S. The monoisotopic (exact) mass is 379 g/mol. The van der Waals surface area contributed by atoms with Crippen molar-refractivity contribution in [2.24, 2.45) is 0 Å². The van der Waals surface area contributed by atoms with Gasteiger partial charge < -0.3 is 0 Å². The first kappa shape index (κ1) is 16.8. The maximum atomic E-state index is 4.89. The smallest absolute Gasteiger partial charge is 0.161 e. The Morgan fingerprint density at radius 3 is 2.46 bits per heavy atom. The van der Waals surface area contributed by atoms with E-state index >= 15 is 0 Å². The average Bonchev–Trinajstić information content (AvgIpc) is 3.08. The van der Waals surface area contributed by atoms with Gasteiger partial charge in [0.25, 0.3) is 0 Å². The van der Waals surface area contributed by atoms with Crippen LogP contribution in [0.3, 0.4) is 0 Å². The van der Waals surface area contributed by atoms with Gasteiger partial charge in [-0.25, -0.2) is 9.97 Å². The largest absolute Gasteiger partial charge is 0.294 e. The van der Waals surface area contributed by atoms with E-state index in [0.29, 0.717) is 0 Å². The summed E-state index contributed by atoms with van der Waals surface area (Å²) < 4.78 is 2.21. The fourth-order valence-electron chi connectivity index (χ4n) is 3.57. The molecule has 0 aliphatic carbocycles. The lowest BCUT2D eigenvalue weighted by molar-refractivity contribution is 1.04. The minimum Gasteiger partial charge on any atom is -0.294 e. The molecule has 3 aromatic carbocycles. The second kappa shape index (κ2) is 6.98. The summed E-state index contributed by atoms with van der Waals surface area (Å²) in [5.74, 6) is 1.58. The van der Waals surface area contributed by atoms with Gasteiger partial charge in [-0.3, -0.25) is 4.57 Å². The Morgan fingerprint density at radius 1 is 0.821 bits per heavy atom. The van der Waals surface area contributed by atoms with Crippen LogP contribution in [0.4, 0.5) is 0 Å². The first-order valence-corrected chi connectivity index (χ1v) is 9.93.